The Labute approximate surface area is 101 Å². The Kier molecular flexibility index (Phi) is 2.65. The van der Waals surface area contributed by atoms with E-state index < -0.39 is 0 Å². The van der Waals surface area contributed by atoms with Crippen LogP contribution in [0.1, 0.15) is 22.9 Å². The molecule has 4 heteroatoms. The molecular formula is C13H16N4. The van der Waals surface area contributed by atoms with Gasteiger partial charge >= 0.3 is 0 Å². The van der Waals surface area contributed by atoms with Crippen molar-refractivity contribution in [2.75, 3.05) is 7.05 Å². The summed E-state index contributed by atoms with van der Waals surface area (Å²) in [5.74, 6) is 1.61. The Balaban J connectivity index is 1.75. The van der Waals surface area contributed by atoms with Crippen LogP contribution in [0.4, 0.5) is 0 Å². The van der Waals surface area contributed by atoms with E-state index in [9.17, 15) is 0 Å². The van der Waals surface area contributed by atoms with E-state index in [1.807, 2.05) is 11.7 Å². The summed E-state index contributed by atoms with van der Waals surface area (Å²) in [6, 6.07) is 8.65. The first-order chi connectivity index (χ1) is 8.38. The molecule has 1 aliphatic rings. The number of nitrogens with zero attached hydrogens (tertiary/aromatic N) is 3. The molecule has 88 valence electrons. The minimum Gasteiger partial charge on any atom is -0.313 e. The van der Waals surface area contributed by atoms with Gasteiger partial charge in [-0.25, -0.2) is 9.67 Å². The van der Waals surface area contributed by atoms with E-state index in [-0.39, 0.29) is 0 Å². The number of benzene rings is 1. The van der Waals surface area contributed by atoms with Crippen LogP contribution in [-0.4, -0.2) is 21.8 Å². The lowest BCUT2D eigenvalue weighted by Gasteiger charge is -2.30. The molecule has 0 aliphatic heterocycles. The zero-order valence-electron chi connectivity index (χ0n) is 9.93. The lowest BCUT2D eigenvalue weighted by Crippen LogP contribution is -2.24. The summed E-state index contributed by atoms with van der Waals surface area (Å²) in [6.07, 6.45) is 2.80. The quantitative estimate of drug-likeness (QED) is 0.858. The van der Waals surface area contributed by atoms with Gasteiger partial charge in [0.05, 0.1) is 13.1 Å². The monoisotopic (exact) mass is 228 g/mol. The van der Waals surface area contributed by atoms with Crippen LogP contribution in [0.5, 0.6) is 0 Å². The van der Waals surface area contributed by atoms with E-state index in [4.69, 9.17) is 0 Å². The fourth-order valence-corrected chi connectivity index (χ4v) is 2.47. The highest BCUT2D eigenvalue weighted by atomic mass is 15.3. The molecule has 1 heterocycles. The van der Waals surface area contributed by atoms with Crippen LogP contribution in [0.15, 0.2) is 30.6 Å². The smallest absolute Gasteiger partial charge is 0.140 e. The molecular weight excluding hydrogens is 212 g/mol. The van der Waals surface area contributed by atoms with Crippen LogP contribution >= 0.6 is 0 Å². The van der Waals surface area contributed by atoms with Crippen LogP contribution in [0.3, 0.4) is 0 Å². The Hall–Kier alpha value is -1.68. The summed E-state index contributed by atoms with van der Waals surface area (Å²) in [5, 5.41) is 7.41. The molecule has 0 fully saturated rings. The highest BCUT2D eigenvalue weighted by Gasteiger charge is 2.26. The van der Waals surface area contributed by atoms with Crippen molar-refractivity contribution >= 4 is 0 Å². The molecule has 0 radical (unpaired) electrons. The Bertz CT molecular complexity index is 518. The minimum absolute atomic E-state index is 0.600. The van der Waals surface area contributed by atoms with Crippen molar-refractivity contribution in [1.82, 2.24) is 20.1 Å². The topological polar surface area (TPSA) is 42.7 Å². The van der Waals surface area contributed by atoms with Gasteiger partial charge < -0.3 is 5.32 Å². The SMILES string of the molecule is CNCc1ncnn1CC1Cc2ccccc21. The molecule has 17 heavy (non-hydrogen) atoms. The predicted molar refractivity (Wildman–Crippen MR) is 65.7 cm³/mol. The second-order valence-corrected chi connectivity index (χ2v) is 4.49. The van der Waals surface area contributed by atoms with Gasteiger partial charge in [0.2, 0.25) is 0 Å². The lowest BCUT2D eigenvalue weighted by molar-refractivity contribution is 0.456. The lowest BCUT2D eigenvalue weighted by atomic mass is 9.78. The number of nitrogens with one attached hydrogen (secondary N) is 1. The standard InChI is InChI=1S/C13H16N4/c1-14-7-13-15-9-16-17(13)8-11-6-10-4-2-3-5-12(10)11/h2-5,9,11,14H,6-8H2,1H3. The van der Waals surface area contributed by atoms with Crippen molar-refractivity contribution in [2.45, 2.75) is 25.4 Å². The fourth-order valence-electron chi connectivity index (χ4n) is 2.47. The Morgan fingerprint density at radius 1 is 1.41 bits per heavy atom. The molecule has 3 rings (SSSR count). The number of rotatable bonds is 4. The van der Waals surface area contributed by atoms with E-state index in [0.29, 0.717) is 5.92 Å². The van der Waals surface area contributed by atoms with E-state index in [1.54, 1.807) is 6.33 Å². The molecule has 4 nitrogen and oxygen atoms in total. The summed E-state index contributed by atoms with van der Waals surface area (Å²) in [7, 11) is 1.93. The Morgan fingerprint density at radius 3 is 3.12 bits per heavy atom. The number of hydrogen-bond donors (Lipinski definition) is 1. The van der Waals surface area contributed by atoms with Gasteiger partial charge in [0.15, 0.2) is 0 Å². The van der Waals surface area contributed by atoms with Gasteiger partial charge in [-0.3, -0.25) is 0 Å². The maximum Gasteiger partial charge on any atom is 0.140 e. The van der Waals surface area contributed by atoms with E-state index in [2.05, 4.69) is 39.7 Å². The zero-order chi connectivity index (χ0) is 11.7. The Morgan fingerprint density at radius 2 is 2.29 bits per heavy atom. The molecule has 2 aromatic rings. The normalized spacial score (nSPS) is 17.6. The second-order valence-electron chi connectivity index (χ2n) is 4.49. The van der Waals surface area contributed by atoms with Gasteiger partial charge in [-0.2, -0.15) is 5.10 Å². The second kappa shape index (κ2) is 4.30. The highest BCUT2D eigenvalue weighted by molar-refractivity contribution is 5.39. The molecule has 1 aromatic heterocycles. The molecule has 0 amide bonds. The molecule has 0 bridgehead atoms. The van der Waals surface area contributed by atoms with Crippen molar-refractivity contribution in [3.63, 3.8) is 0 Å². The molecule has 1 aromatic carbocycles. The number of aromatic nitrogens is 3. The van der Waals surface area contributed by atoms with Crippen LogP contribution in [-0.2, 0) is 19.5 Å². The number of hydrogen-bond acceptors (Lipinski definition) is 3. The van der Waals surface area contributed by atoms with Crippen LogP contribution in [0.25, 0.3) is 0 Å². The zero-order valence-corrected chi connectivity index (χ0v) is 9.93. The first kappa shape index (κ1) is 10.5. The molecule has 1 aliphatic carbocycles. The third-order valence-electron chi connectivity index (χ3n) is 3.39. The van der Waals surface area contributed by atoms with Crippen molar-refractivity contribution in [1.29, 1.82) is 0 Å². The molecule has 0 saturated carbocycles. The van der Waals surface area contributed by atoms with Gasteiger partial charge in [0.25, 0.3) is 0 Å². The molecule has 1 N–H and O–H groups in total. The maximum absolute atomic E-state index is 4.30. The first-order valence-corrected chi connectivity index (χ1v) is 5.97. The summed E-state index contributed by atoms with van der Waals surface area (Å²) in [6.45, 7) is 1.71. The van der Waals surface area contributed by atoms with E-state index in [1.165, 1.54) is 11.1 Å². The van der Waals surface area contributed by atoms with Gasteiger partial charge in [-0.1, -0.05) is 24.3 Å². The van der Waals surface area contributed by atoms with E-state index in [0.717, 1.165) is 25.3 Å². The highest BCUT2D eigenvalue weighted by Crippen LogP contribution is 2.35. The van der Waals surface area contributed by atoms with Gasteiger partial charge in [-0.15, -0.1) is 0 Å². The summed E-state index contributed by atoms with van der Waals surface area (Å²) in [4.78, 5) is 4.26. The summed E-state index contributed by atoms with van der Waals surface area (Å²) >= 11 is 0. The van der Waals surface area contributed by atoms with Gasteiger partial charge in [-0.05, 0) is 24.6 Å². The van der Waals surface area contributed by atoms with Crippen molar-refractivity contribution in [3.05, 3.63) is 47.5 Å². The van der Waals surface area contributed by atoms with Gasteiger partial charge in [0, 0.05) is 5.92 Å². The van der Waals surface area contributed by atoms with Crippen molar-refractivity contribution in [3.8, 4) is 0 Å². The van der Waals surface area contributed by atoms with Gasteiger partial charge in [0.1, 0.15) is 12.2 Å². The van der Waals surface area contributed by atoms with E-state index >= 15 is 0 Å². The summed E-state index contributed by atoms with van der Waals surface area (Å²) in [5.41, 5.74) is 2.95. The van der Waals surface area contributed by atoms with Crippen LogP contribution < -0.4 is 5.32 Å². The third kappa shape index (κ3) is 1.85. The maximum atomic E-state index is 4.30. The molecule has 0 spiro atoms. The molecule has 1 atom stereocenters. The largest absolute Gasteiger partial charge is 0.313 e. The van der Waals surface area contributed by atoms with Crippen molar-refractivity contribution in [2.24, 2.45) is 0 Å². The predicted octanol–water partition coefficient (Wildman–Crippen LogP) is 1.34. The van der Waals surface area contributed by atoms with Crippen LogP contribution in [0, 0.1) is 0 Å². The number of fused-ring (bicyclic) bond motifs is 1. The first-order valence-electron chi connectivity index (χ1n) is 5.97. The average molecular weight is 228 g/mol. The van der Waals surface area contributed by atoms with Crippen LogP contribution in [0.2, 0.25) is 0 Å². The molecule has 0 saturated heterocycles. The average Bonchev–Trinajstić information content (AvgIpc) is 2.74. The fraction of sp³-hybridized carbons (Fsp3) is 0.385. The minimum atomic E-state index is 0.600. The molecule has 1 unspecified atom stereocenters. The third-order valence-corrected chi connectivity index (χ3v) is 3.39. The van der Waals surface area contributed by atoms with Crippen molar-refractivity contribution < 1.29 is 0 Å². The summed E-state index contributed by atoms with van der Waals surface area (Å²) < 4.78 is 2.01.